The van der Waals surface area contributed by atoms with Crippen LogP contribution in [0, 0.1) is 0 Å². The van der Waals surface area contributed by atoms with E-state index in [-0.39, 0.29) is 5.91 Å². The van der Waals surface area contributed by atoms with Gasteiger partial charge in [-0.25, -0.2) is 0 Å². The number of aliphatic imine (C=N–C) groups is 1. The molecule has 0 aromatic carbocycles. The van der Waals surface area contributed by atoms with Crippen molar-refractivity contribution in [2.24, 2.45) is 4.99 Å². The summed E-state index contributed by atoms with van der Waals surface area (Å²) in [6, 6.07) is 0.982. The van der Waals surface area contributed by atoms with E-state index in [0.717, 1.165) is 58.2 Å². The fourth-order valence-electron chi connectivity index (χ4n) is 4.34. The SMILES string of the molecule is CN=C(NCCC(=O)NC1CCCCC1)N1CCC(N2CCOCC2)C1. The van der Waals surface area contributed by atoms with Crippen LogP contribution in [0.4, 0.5) is 0 Å². The number of nitrogens with zero attached hydrogens (tertiary/aromatic N) is 3. The first-order valence-electron chi connectivity index (χ1n) is 10.3. The Labute approximate surface area is 157 Å². The highest BCUT2D eigenvalue weighted by atomic mass is 16.5. The van der Waals surface area contributed by atoms with E-state index >= 15 is 0 Å². The topological polar surface area (TPSA) is 69.2 Å². The number of guanidine groups is 1. The van der Waals surface area contributed by atoms with E-state index < -0.39 is 0 Å². The average molecular weight is 366 g/mol. The van der Waals surface area contributed by atoms with Gasteiger partial charge in [-0.1, -0.05) is 19.3 Å². The Morgan fingerprint density at radius 1 is 1.12 bits per heavy atom. The summed E-state index contributed by atoms with van der Waals surface area (Å²) in [4.78, 5) is 21.4. The quantitative estimate of drug-likeness (QED) is 0.557. The molecule has 26 heavy (non-hydrogen) atoms. The molecule has 7 nitrogen and oxygen atoms in total. The average Bonchev–Trinajstić information content (AvgIpc) is 3.17. The molecular formula is C19H35N5O2. The van der Waals surface area contributed by atoms with E-state index in [9.17, 15) is 4.79 Å². The highest BCUT2D eigenvalue weighted by Crippen LogP contribution is 2.18. The van der Waals surface area contributed by atoms with Gasteiger partial charge in [0.25, 0.3) is 0 Å². The third kappa shape index (κ3) is 5.58. The van der Waals surface area contributed by atoms with Gasteiger partial charge < -0.3 is 20.3 Å². The molecule has 148 valence electrons. The van der Waals surface area contributed by atoms with E-state index in [1.807, 2.05) is 7.05 Å². The van der Waals surface area contributed by atoms with Gasteiger partial charge in [0.05, 0.1) is 13.2 Å². The van der Waals surface area contributed by atoms with Crippen LogP contribution in [0.15, 0.2) is 4.99 Å². The minimum absolute atomic E-state index is 0.160. The van der Waals surface area contributed by atoms with Crippen LogP contribution in [-0.2, 0) is 9.53 Å². The van der Waals surface area contributed by atoms with Gasteiger partial charge in [0.15, 0.2) is 5.96 Å². The van der Waals surface area contributed by atoms with E-state index in [1.165, 1.54) is 25.7 Å². The van der Waals surface area contributed by atoms with Crippen LogP contribution in [0.25, 0.3) is 0 Å². The molecule has 2 N–H and O–H groups in total. The lowest BCUT2D eigenvalue weighted by molar-refractivity contribution is -0.121. The smallest absolute Gasteiger partial charge is 0.221 e. The molecule has 2 aliphatic heterocycles. The highest BCUT2D eigenvalue weighted by Gasteiger charge is 2.30. The second-order valence-electron chi connectivity index (χ2n) is 7.66. The van der Waals surface area contributed by atoms with Gasteiger partial charge in [0.2, 0.25) is 5.91 Å². The van der Waals surface area contributed by atoms with Crippen molar-refractivity contribution >= 4 is 11.9 Å². The van der Waals surface area contributed by atoms with E-state index in [1.54, 1.807) is 0 Å². The first-order valence-corrected chi connectivity index (χ1v) is 10.3. The van der Waals surface area contributed by atoms with Crippen LogP contribution in [0.1, 0.15) is 44.9 Å². The predicted octanol–water partition coefficient (Wildman–Crippen LogP) is 0.807. The minimum Gasteiger partial charge on any atom is -0.379 e. The summed E-state index contributed by atoms with van der Waals surface area (Å²) < 4.78 is 5.46. The number of nitrogens with one attached hydrogen (secondary N) is 2. The summed E-state index contributed by atoms with van der Waals surface area (Å²) in [7, 11) is 1.83. The molecule has 3 aliphatic rings. The maximum Gasteiger partial charge on any atom is 0.221 e. The molecule has 3 rings (SSSR count). The molecule has 0 bridgehead atoms. The van der Waals surface area contributed by atoms with Crippen LogP contribution >= 0.6 is 0 Å². The molecule has 0 aromatic rings. The van der Waals surface area contributed by atoms with Crippen molar-refractivity contribution < 1.29 is 9.53 Å². The molecule has 7 heteroatoms. The first-order chi connectivity index (χ1) is 12.8. The second-order valence-corrected chi connectivity index (χ2v) is 7.66. The van der Waals surface area contributed by atoms with E-state index in [0.29, 0.717) is 25.0 Å². The zero-order valence-electron chi connectivity index (χ0n) is 16.2. The Balaban J connectivity index is 1.36. The molecule has 2 saturated heterocycles. The van der Waals surface area contributed by atoms with Crippen molar-refractivity contribution in [1.29, 1.82) is 0 Å². The Morgan fingerprint density at radius 2 is 1.88 bits per heavy atom. The van der Waals surface area contributed by atoms with Gasteiger partial charge in [0, 0.05) is 58.3 Å². The number of rotatable bonds is 5. The molecule has 0 spiro atoms. The predicted molar refractivity (Wildman–Crippen MR) is 103 cm³/mol. The van der Waals surface area contributed by atoms with Gasteiger partial charge in [-0.05, 0) is 19.3 Å². The first kappa shape index (κ1) is 19.4. The lowest BCUT2D eigenvalue weighted by Crippen LogP contribution is -2.47. The second kappa shape index (κ2) is 10.1. The Kier molecular flexibility index (Phi) is 7.55. The summed E-state index contributed by atoms with van der Waals surface area (Å²) in [6.45, 7) is 6.44. The fourth-order valence-corrected chi connectivity index (χ4v) is 4.34. The van der Waals surface area contributed by atoms with Crippen LogP contribution in [-0.4, -0.2) is 86.7 Å². The zero-order chi connectivity index (χ0) is 18.2. The highest BCUT2D eigenvalue weighted by molar-refractivity contribution is 5.81. The molecule has 0 aromatic heterocycles. The third-order valence-electron chi connectivity index (χ3n) is 5.84. The molecule has 1 saturated carbocycles. The number of carbonyl (C=O) groups excluding carboxylic acids is 1. The van der Waals surface area contributed by atoms with Crippen LogP contribution < -0.4 is 10.6 Å². The summed E-state index contributed by atoms with van der Waals surface area (Å²) in [5.74, 6) is 1.08. The van der Waals surface area contributed by atoms with Gasteiger partial charge in [0.1, 0.15) is 0 Å². The van der Waals surface area contributed by atoms with Gasteiger partial charge >= 0.3 is 0 Å². The largest absolute Gasteiger partial charge is 0.379 e. The third-order valence-corrected chi connectivity index (χ3v) is 5.84. The summed E-state index contributed by atoms with van der Waals surface area (Å²) in [6.07, 6.45) is 7.75. The zero-order valence-corrected chi connectivity index (χ0v) is 16.2. The summed E-state index contributed by atoms with van der Waals surface area (Å²) in [5.41, 5.74) is 0. The lowest BCUT2D eigenvalue weighted by atomic mass is 9.95. The summed E-state index contributed by atoms with van der Waals surface area (Å²) >= 11 is 0. The van der Waals surface area contributed by atoms with Crippen molar-refractivity contribution in [2.75, 3.05) is 53.0 Å². The molecule has 0 radical (unpaired) electrons. The van der Waals surface area contributed by atoms with Crippen LogP contribution in [0.2, 0.25) is 0 Å². The van der Waals surface area contributed by atoms with E-state index in [4.69, 9.17) is 4.74 Å². The molecule has 3 fully saturated rings. The van der Waals surface area contributed by atoms with Gasteiger partial charge in [-0.15, -0.1) is 0 Å². The number of ether oxygens (including phenoxy) is 1. The molecule has 2 heterocycles. The molecular weight excluding hydrogens is 330 g/mol. The van der Waals surface area contributed by atoms with Crippen LogP contribution in [0.3, 0.4) is 0 Å². The molecule has 1 unspecified atom stereocenters. The Bertz CT molecular complexity index is 473. The maximum atomic E-state index is 12.1. The number of hydrogen-bond acceptors (Lipinski definition) is 4. The van der Waals surface area contributed by atoms with Crippen molar-refractivity contribution in [2.45, 2.75) is 57.0 Å². The maximum absolute atomic E-state index is 12.1. The standard InChI is InChI=1S/C19H35N5O2/c1-20-19(21-9-7-18(25)22-16-5-3-2-4-6-16)24-10-8-17(15-24)23-11-13-26-14-12-23/h16-17H,2-15H2,1H3,(H,20,21)(H,22,25). The number of amides is 1. The molecule has 1 amide bonds. The van der Waals surface area contributed by atoms with Crippen molar-refractivity contribution in [3.05, 3.63) is 0 Å². The molecule has 1 aliphatic carbocycles. The Hall–Kier alpha value is -1.34. The van der Waals surface area contributed by atoms with Crippen molar-refractivity contribution in [3.63, 3.8) is 0 Å². The number of carbonyl (C=O) groups is 1. The van der Waals surface area contributed by atoms with Crippen molar-refractivity contribution in [3.8, 4) is 0 Å². The van der Waals surface area contributed by atoms with Gasteiger partial charge in [-0.2, -0.15) is 0 Å². The van der Waals surface area contributed by atoms with Gasteiger partial charge in [-0.3, -0.25) is 14.7 Å². The lowest BCUT2D eigenvalue weighted by Gasteiger charge is -2.32. The van der Waals surface area contributed by atoms with Crippen molar-refractivity contribution in [1.82, 2.24) is 20.4 Å². The van der Waals surface area contributed by atoms with E-state index in [2.05, 4.69) is 25.4 Å². The number of likely N-dealkylation sites (tertiary alicyclic amines) is 1. The Morgan fingerprint density at radius 3 is 2.62 bits per heavy atom. The summed E-state index contributed by atoms with van der Waals surface area (Å²) in [5, 5.41) is 6.55. The fraction of sp³-hybridized carbons (Fsp3) is 0.895. The monoisotopic (exact) mass is 365 g/mol. The minimum atomic E-state index is 0.160. The number of hydrogen-bond donors (Lipinski definition) is 2. The normalized spacial score (nSPS) is 26.1. The van der Waals surface area contributed by atoms with Crippen LogP contribution in [0.5, 0.6) is 0 Å². The number of morpholine rings is 1. The molecule has 1 atom stereocenters.